The van der Waals surface area contributed by atoms with Gasteiger partial charge in [-0.05, 0) is 26.9 Å². The third-order valence-corrected chi connectivity index (χ3v) is 2.62. The molecular weight excluding hydrogens is 298 g/mol. The topological polar surface area (TPSA) is 179 Å². The number of carboxylic acids is 3. The van der Waals surface area contributed by atoms with Crippen LogP contribution in [0.5, 0.6) is 0 Å². The van der Waals surface area contributed by atoms with E-state index in [1.54, 1.807) is 0 Å². The van der Waals surface area contributed by atoms with Gasteiger partial charge in [0.25, 0.3) is 0 Å². The van der Waals surface area contributed by atoms with Crippen molar-refractivity contribution in [2.45, 2.75) is 37.8 Å². The van der Waals surface area contributed by atoms with Gasteiger partial charge < -0.3 is 31.7 Å². The fraction of sp³-hybridized carbons (Fsp3) is 0.667. The van der Waals surface area contributed by atoms with Gasteiger partial charge in [0.15, 0.2) is 0 Å². The average molecular weight is 321 g/mol. The van der Waals surface area contributed by atoms with E-state index in [9.17, 15) is 19.2 Å². The van der Waals surface area contributed by atoms with Crippen molar-refractivity contribution in [3.05, 3.63) is 0 Å². The number of hydrogen-bond donors (Lipinski definition) is 6. The molecule has 0 aliphatic heterocycles. The summed E-state index contributed by atoms with van der Waals surface area (Å²) in [4.78, 5) is 40.9. The first-order chi connectivity index (χ1) is 10.1. The lowest BCUT2D eigenvalue weighted by molar-refractivity contribution is -0.141. The zero-order chi connectivity index (χ0) is 17.7. The lowest BCUT2D eigenvalue weighted by Gasteiger charge is -2.08. The van der Waals surface area contributed by atoms with E-state index in [1.807, 2.05) is 0 Å². The molecule has 1 amide bonds. The number of primary amides is 1. The third-order valence-electron chi connectivity index (χ3n) is 2.62. The molecule has 0 aromatic rings. The third kappa shape index (κ3) is 12.8. The standard InChI is InChI=1S/C6H12N2O3.C6H11NO4/c1-8-4(6(10)11)2-3-5(7)9;1-7-4(6(10)11)2-3-5(8)9/h4,8H,2-3H2,1H3,(H2,7,9)(H,10,11);4,7H,2-3H2,1H3,(H,8,9)(H,10,11). The Morgan fingerprint density at radius 2 is 1.23 bits per heavy atom. The number of nitrogens with one attached hydrogen (secondary N) is 2. The van der Waals surface area contributed by atoms with Crippen molar-refractivity contribution in [3.63, 3.8) is 0 Å². The Hall–Kier alpha value is -2.20. The quantitative estimate of drug-likeness (QED) is 0.277. The van der Waals surface area contributed by atoms with Crippen LogP contribution in [0.15, 0.2) is 0 Å². The van der Waals surface area contributed by atoms with Crippen LogP contribution in [-0.2, 0) is 19.2 Å². The summed E-state index contributed by atoms with van der Waals surface area (Å²) in [7, 11) is 3.01. The molecule has 2 unspecified atom stereocenters. The highest BCUT2D eigenvalue weighted by molar-refractivity contribution is 5.77. The van der Waals surface area contributed by atoms with Gasteiger partial charge in [-0.15, -0.1) is 0 Å². The van der Waals surface area contributed by atoms with E-state index in [4.69, 9.17) is 21.1 Å². The summed E-state index contributed by atoms with van der Waals surface area (Å²) in [6, 6.07) is -1.44. The van der Waals surface area contributed by atoms with Crippen LogP contribution >= 0.6 is 0 Å². The smallest absolute Gasteiger partial charge is 0.320 e. The molecule has 0 aromatic heterocycles. The van der Waals surface area contributed by atoms with E-state index in [2.05, 4.69) is 10.6 Å². The predicted octanol–water partition coefficient (Wildman–Crippen LogP) is -1.55. The molecule has 10 heteroatoms. The first-order valence-electron chi connectivity index (χ1n) is 6.45. The van der Waals surface area contributed by atoms with Gasteiger partial charge in [0.2, 0.25) is 5.91 Å². The Morgan fingerprint density at radius 3 is 1.45 bits per heavy atom. The van der Waals surface area contributed by atoms with E-state index in [0.29, 0.717) is 0 Å². The Morgan fingerprint density at radius 1 is 0.864 bits per heavy atom. The zero-order valence-corrected chi connectivity index (χ0v) is 12.5. The van der Waals surface area contributed by atoms with Crippen LogP contribution in [0.2, 0.25) is 0 Å². The van der Waals surface area contributed by atoms with Crippen LogP contribution in [0, 0.1) is 0 Å². The van der Waals surface area contributed by atoms with Gasteiger partial charge in [-0.3, -0.25) is 19.2 Å². The molecule has 0 saturated heterocycles. The molecule has 10 nitrogen and oxygen atoms in total. The minimum Gasteiger partial charge on any atom is -0.481 e. The fourth-order valence-electron chi connectivity index (χ4n) is 1.34. The van der Waals surface area contributed by atoms with Crippen LogP contribution in [0.3, 0.4) is 0 Å². The molecule has 2 atom stereocenters. The average Bonchev–Trinajstić information content (AvgIpc) is 2.39. The number of nitrogens with two attached hydrogens (primary N) is 1. The van der Waals surface area contributed by atoms with Crippen LogP contribution in [-0.4, -0.2) is 65.3 Å². The Kier molecular flexibility index (Phi) is 12.6. The number of amides is 1. The van der Waals surface area contributed by atoms with E-state index in [-0.39, 0.29) is 25.7 Å². The Balaban J connectivity index is 0. The summed E-state index contributed by atoms with van der Waals surface area (Å²) in [5.74, 6) is -3.44. The minimum absolute atomic E-state index is 0.0950. The van der Waals surface area contributed by atoms with Crippen molar-refractivity contribution in [2.75, 3.05) is 14.1 Å². The van der Waals surface area contributed by atoms with Crippen molar-refractivity contribution in [2.24, 2.45) is 5.73 Å². The van der Waals surface area contributed by atoms with Crippen molar-refractivity contribution in [3.8, 4) is 0 Å². The first kappa shape index (κ1) is 22.1. The molecule has 22 heavy (non-hydrogen) atoms. The largest absolute Gasteiger partial charge is 0.481 e. The normalized spacial score (nSPS) is 12.5. The number of carbonyl (C=O) groups excluding carboxylic acids is 1. The van der Waals surface area contributed by atoms with Crippen LogP contribution in [0.25, 0.3) is 0 Å². The van der Waals surface area contributed by atoms with Gasteiger partial charge in [0.05, 0.1) is 0 Å². The molecule has 0 heterocycles. The molecule has 7 N–H and O–H groups in total. The molecule has 0 bridgehead atoms. The Bertz CT molecular complexity index is 351. The molecule has 0 aliphatic rings. The zero-order valence-electron chi connectivity index (χ0n) is 12.5. The number of rotatable bonds is 10. The summed E-state index contributed by atoms with van der Waals surface area (Å²) in [5, 5.41) is 30.2. The maximum atomic E-state index is 10.3. The van der Waals surface area contributed by atoms with Gasteiger partial charge >= 0.3 is 17.9 Å². The minimum atomic E-state index is -1.02. The number of hydrogen-bond acceptors (Lipinski definition) is 6. The van der Waals surface area contributed by atoms with E-state index >= 15 is 0 Å². The monoisotopic (exact) mass is 321 g/mol. The summed E-state index contributed by atoms with van der Waals surface area (Å²) < 4.78 is 0. The SMILES string of the molecule is CNC(CCC(=O)O)C(=O)O.CNC(CCC(N)=O)C(=O)O. The van der Waals surface area contributed by atoms with Crippen molar-refractivity contribution < 1.29 is 34.5 Å². The van der Waals surface area contributed by atoms with Gasteiger partial charge in [-0.1, -0.05) is 0 Å². The van der Waals surface area contributed by atoms with Crippen molar-refractivity contribution >= 4 is 23.8 Å². The molecule has 128 valence electrons. The first-order valence-corrected chi connectivity index (χ1v) is 6.45. The van der Waals surface area contributed by atoms with Crippen LogP contribution in [0.1, 0.15) is 25.7 Å². The number of likely N-dealkylation sites (N-methyl/N-ethyl adjacent to an activating group) is 2. The maximum absolute atomic E-state index is 10.3. The van der Waals surface area contributed by atoms with Crippen LogP contribution < -0.4 is 16.4 Å². The highest BCUT2D eigenvalue weighted by Crippen LogP contribution is 1.96. The summed E-state index contributed by atoms with van der Waals surface area (Å²) in [5.41, 5.74) is 4.84. The highest BCUT2D eigenvalue weighted by atomic mass is 16.4. The molecule has 0 aliphatic carbocycles. The second-order valence-corrected chi connectivity index (χ2v) is 4.30. The number of carboxylic acid groups (broad SMARTS) is 3. The lowest BCUT2D eigenvalue weighted by atomic mass is 10.1. The summed E-state index contributed by atoms with van der Waals surface area (Å²) in [6.07, 6.45) is 0.317. The highest BCUT2D eigenvalue weighted by Gasteiger charge is 2.15. The van der Waals surface area contributed by atoms with E-state index in [0.717, 1.165) is 0 Å². The Labute approximate surface area is 127 Å². The maximum Gasteiger partial charge on any atom is 0.320 e. The van der Waals surface area contributed by atoms with Crippen LogP contribution in [0.4, 0.5) is 0 Å². The van der Waals surface area contributed by atoms with Gasteiger partial charge in [-0.2, -0.15) is 0 Å². The van der Waals surface area contributed by atoms with Gasteiger partial charge in [-0.25, -0.2) is 0 Å². The molecule has 0 saturated carbocycles. The van der Waals surface area contributed by atoms with E-state index < -0.39 is 35.9 Å². The predicted molar refractivity (Wildman–Crippen MR) is 76.3 cm³/mol. The summed E-state index contributed by atoms with van der Waals surface area (Å²) >= 11 is 0. The van der Waals surface area contributed by atoms with E-state index in [1.165, 1.54) is 14.1 Å². The molecule has 0 rings (SSSR count). The second kappa shape index (κ2) is 12.5. The molecule has 0 radical (unpaired) electrons. The lowest BCUT2D eigenvalue weighted by Crippen LogP contribution is -2.34. The fourth-order valence-corrected chi connectivity index (χ4v) is 1.34. The van der Waals surface area contributed by atoms with Crippen molar-refractivity contribution in [1.82, 2.24) is 10.6 Å². The molecular formula is C12H23N3O7. The van der Waals surface area contributed by atoms with Crippen molar-refractivity contribution in [1.29, 1.82) is 0 Å². The molecule has 0 aromatic carbocycles. The van der Waals surface area contributed by atoms with Gasteiger partial charge in [0.1, 0.15) is 12.1 Å². The number of aliphatic carboxylic acids is 3. The van der Waals surface area contributed by atoms with Gasteiger partial charge in [0, 0.05) is 12.8 Å². The molecule has 0 spiro atoms. The second-order valence-electron chi connectivity index (χ2n) is 4.30. The number of carbonyl (C=O) groups is 4. The molecule has 0 fully saturated rings. The summed E-state index contributed by atoms with van der Waals surface area (Å²) in [6.45, 7) is 0.